The number of amides is 2. The van der Waals surface area contributed by atoms with Crippen LogP contribution in [-0.4, -0.2) is 41.9 Å². The van der Waals surface area contributed by atoms with Crippen LogP contribution in [0, 0.1) is 12.8 Å². The van der Waals surface area contributed by atoms with Crippen LogP contribution >= 0.6 is 0 Å². The van der Waals surface area contributed by atoms with Crippen molar-refractivity contribution in [1.29, 1.82) is 0 Å². The highest BCUT2D eigenvalue weighted by Crippen LogP contribution is 2.22. The number of anilines is 1. The predicted octanol–water partition coefficient (Wildman–Crippen LogP) is 3.98. The molecule has 1 heterocycles. The second-order valence-corrected chi connectivity index (χ2v) is 8.00. The Morgan fingerprint density at radius 1 is 1.06 bits per heavy atom. The molecule has 31 heavy (non-hydrogen) atoms. The molecule has 0 aromatic heterocycles. The summed E-state index contributed by atoms with van der Waals surface area (Å²) in [5, 5.41) is 2.78. The number of carbonyl (C=O) groups excluding carboxylic acids is 3. The molecule has 1 atom stereocenters. The van der Waals surface area contributed by atoms with E-state index in [1.165, 1.54) is 5.56 Å². The van der Waals surface area contributed by atoms with Crippen molar-refractivity contribution in [2.24, 2.45) is 5.92 Å². The lowest BCUT2D eigenvalue weighted by molar-refractivity contribution is -0.158. The van der Waals surface area contributed by atoms with Crippen molar-refractivity contribution in [3.63, 3.8) is 0 Å². The molecule has 3 rings (SSSR count). The Balaban J connectivity index is 1.48. The zero-order chi connectivity index (χ0) is 22.4. The third kappa shape index (κ3) is 5.72. The molecule has 0 saturated carbocycles. The van der Waals surface area contributed by atoms with E-state index >= 15 is 0 Å². The summed E-state index contributed by atoms with van der Waals surface area (Å²) in [6.07, 6.45) is 1.11. The fourth-order valence-electron chi connectivity index (χ4n) is 3.69. The molecule has 0 bridgehead atoms. The standard InChI is InChI=1S/C25H30N2O4/c1-4-19-9-11-21(12-10-19)26-23(28)18(3)31-25(30)20-13-15-27(16-14-20)24(29)22-8-6-5-7-17(22)2/h5-12,18,20H,4,13-16H2,1-3H3,(H,26,28)/t18-/m1/s1. The first-order valence-electron chi connectivity index (χ1n) is 10.8. The predicted molar refractivity (Wildman–Crippen MR) is 120 cm³/mol. The third-order valence-electron chi connectivity index (χ3n) is 5.78. The number of esters is 1. The molecule has 0 unspecified atom stereocenters. The monoisotopic (exact) mass is 422 g/mol. The summed E-state index contributed by atoms with van der Waals surface area (Å²) in [5.41, 5.74) is 3.50. The van der Waals surface area contributed by atoms with Gasteiger partial charge in [0, 0.05) is 24.3 Å². The molecule has 1 fully saturated rings. The fourth-order valence-corrected chi connectivity index (χ4v) is 3.69. The molecule has 2 amide bonds. The van der Waals surface area contributed by atoms with Gasteiger partial charge in [0.15, 0.2) is 6.10 Å². The van der Waals surface area contributed by atoms with Gasteiger partial charge in [-0.2, -0.15) is 0 Å². The van der Waals surface area contributed by atoms with Gasteiger partial charge in [-0.25, -0.2) is 0 Å². The van der Waals surface area contributed by atoms with Crippen LogP contribution in [-0.2, 0) is 20.7 Å². The molecule has 6 nitrogen and oxygen atoms in total. The van der Waals surface area contributed by atoms with Crippen LogP contribution in [0.3, 0.4) is 0 Å². The van der Waals surface area contributed by atoms with Crippen LogP contribution in [0.15, 0.2) is 48.5 Å². The lowest BCUT2D eigenvalue weighted by Crippen LogP contribution is -2.42. The van der Waals surface area contributed by atoms with E-state index in [-0.39, 0.29) is 23.7 Å². The van der Waals surface area contributed by atoms with Gasteiger partial charge in [0.25, 0.3) is 11.8 Å². The first-order chi connectivity index (χ1) is 14.9. The third-order valence-corrected chi connectivity index (χ3v) is 5.78. The molecule has 2 aromatic rings. The minimum Gasteiger partial charge on any atom is -0.452 e. The lowest BCUT2D eigenvalue weighted by atomic mass is 9.96. The van der Waals surface area contributed by atoms with Crippen molar-refractivity contribution < 1.29 is 19.1 Å². The van der Waals surface area contributed by atoms with E-state index in [1.807, 2.05) is 55.5 Å². The van der Waals surface area contributed by atoms with Crippen LogP contribution in [0.2, 0.25) is 0 Å². The topological polar surface area (TPSA) is 75.7 Å². The maximum atomic E-state index is 12.7. The Labute approximate surface area is 183 Å². The molecule has 0 radical (unpaired) electrons. The van der Waals surface area contributed by atoms with Crippen molar-refractivity contribution in [2.75, 3.05) is 18.4 Å². The smallest absolute Gasteiger partial charge is 0.309 e. The molecule has 1 aliphatic rings. The van der Waals surface area contributed by atoms with Gasteiger partial charge < -0.3 is 15.0 Å². The molecule has 6 heteroatoms. The number of benzene rings is 2. The quantitative estimate of drug-likeness (QED) is 0.715. The second-order valence-electron chi connectivity index (χ2n) is 8.00. The van der Waals surface area contributed by atoms with E-state index in [2.05, 4.69) is 12.2 Å². The van der Waals surface area contributed by atoms with Crippen LogP contribution in [0.5, 0.6) is 0 Å². The Kier molecular flexibility index (Phi) is 7.45. The molecule has 1 saturated heterocycles. The van der Waals surface area contributed by atoms with Gasteiger partial charge in [-0.05, 0) is 62.4 Å². The Morgan fingerprint density at radius 3 is 2.32 bits per heavy atom. The number of likely N-dealkylation sites (tertiary alicyclic amines) is 1. The molecule has 0 spiro atoms. The van der Waals surface area contributed by atoms with Crippen molar-refractivity contribution in [3.05, 3.63) is 65.2 Å². The van der Waals surface area contributed by atoms with Crippen molar-refractivity contribution >= 4 is 23.5 Å². The van der Waals surface area contributed by atoms with Crippen molar-refractivity contribution in [1.82, 2.24) is 4.90 Å². The fraction of sp³-hybridized carbons (Fsp3) is 0.400. The largest absolute Gasteiger partial charge is 0.452 e. The van der Waals surface area contributed by atoms with E-state index in [4.69, 9.17) is 4.74 Å². The van der Waals surface area contributed by atoms with E-state index in [9.17, 15) is 14.4 Å². The van der Waals surface area contributed by atoms with Crippen molar-refractivity contribution in [2.45, 2.75) is 46.1 Å². The maximum Gasteiger partial charge on any atom is 0.309 e. The minimum atomic E-state index is -0.884. The Morgan fingerprint density at radius 2 is 1.71 bits per heavy atom. The van der Waals surface area contributed by atoms with Crippen LogP contribution in [0.25, 0.3) is 0 Å². The van der Waals surface area contributed by atoms with Gasteiger partial charge in [-0.1, -0.05) is 37.3 Å². The highest BCUT2D eigenvalue weighted by Gasteiger charge is 2.31. The van der Waals surface area contributed by atoms with E-state index in [0.29, 0.717) is 37.2 Å². The van der Waals surface area contributed by atoms with Gasteiger partial charge in [0.05, 0.1) is 5.92 Å². The summed E-state index contributed by atoms with van der Waals surface area (Å²) in [5.74, 6) is -1.05. The number of hydrogen-bond donors (Lipinski definition) is 1. The Bertz CT molecular complexity index is 931. The number of rotatable bonds is 6. The summed E-state index contributed by atoms with van der Waals surface area (Å²) in [6, 6.07) is 15.1. The van der Waals surface area contributed by atoms with Gasteiger partial charge in [0.2, 0.25) is 0 Å². The maximum absolute atomic E-state index is 12.7. The molecule has 1 N–H and O–H groups in total. The van der Waals surface area contributed by atoms with Gasteiger partial charge in [0.1, 0.15) is 0 Å². The average Bonchev–Trinajstić information content (AvgIpc) is 2.79. The molecular formula is C25H30N2O4. The summed E-state index contributed by atoms with van der Waals surface area (Å²) in [4.78, 5) is 39.4. The van der Waals surface area contributed by atoms with E-state index in [1.54, 1.807) is 11.8 Å². The molecule has 164 valence electrons. The number of nitrogens with one attached hydrogen (secondary N) is 1. The molecule has 0 aliphatic carbocycles. The zero-order valence-electron chi connectivity index (χ0n) is 18.4. The number of ether oxygens (including phenoxy) is 1. The highest BCUT2D eigenvalue weighted by molar-refractivity contribution is 5.96. The molecule has 1 aliphatic heterocycles. The average molecular weight is 423 g/mol. The minimum absolute atomic E-state index is 0.00763. The van der Waals surface area contributed by atoms with Crippen LogP contribution in [0.4, 0.5) is 5.69 Å². The van der Waals surface area contributed by atoms with Crippen LogP contribution < -0.4 is 5.32 Å². The number of nitrogens with zero attached hydrogens (tertiary/aromatic N) is 1. The first kappa shape index (κ1) is 22.5. The normalized spacial score (nSPS) is 15.3. The molecule has 2 aromatic carbocycles. The van der Waals surface area contributed by atoms with Crippen LogP contribution in [0.1, 0.15) is 48.2 Å². The number of aryl methyl sites for hydroxylation is 2. The van der Waals surface area contributed by atoms with Gasteiger partial charge >= 0.3 is 5.97 Å². The van der Waals surface area contributed by atoms with E-state index < -0.39 is 6.10 Å². The van der Waals surface area contributed by atoms with Crippen molar-refractivity contribution in [3.8, 4) is 0 Å². The first-order valence-corrected chi connectivity index (χ1v) is 10.8. The summed E-state index contributed by atoms with van der Waals surface area (Å²) in [6.45, 7) is 6.55. The molecular weight excluding hydrogens is 392 g/mol. The lowest BCUT2D eigenvalue weighted by Gasteiger charge is -2.31. The summed E-state index contributed by atoms with van der Waals surface area (Å²) < 4.78 is 5.41. The SMILES string of the molecule is CCc1ccc(NC(=O)[C@@H](C)OC(=O)C2CCN(C(=O)c3ccccc3C)CC2)cc1. The van der Waals surface area contributed by atoms with E-state index in [0.717, 1.165) is 12.0 Å². The summed E-state index contributed by atoms with van der Waals surface area (Å²) in [7, 11) is 0. The number of carbonyl (C=O) groups is 3. The Hall–Kier alpha value is -3.15. The highest BCUT2D eigenvalue weighted by atomic mass is 16.5. The second kappa shape index (κ2) is 10.2. The number of hydrogen-bond acceptors (Lipinski definition) is 4. The number of piperidine rings is 1. The zero-order valence-corrected chi connectivity index (χ0v) is 18.4. The summed E-state index contributed by atoms with van der Waals surface area (Å²) >= 11 is 0. The van der Waals surface area contributed by atoms with Gasteiger partial charge in [-0.15, -0.1) is 0 Å². The van der Waals surface area contributed by atoms with Gasteiger partial charge in [-0.3, -0.25) is 14.4 Å².